The van der Waals surface area contributed by atoms with E-state index < -0.39 is 12.7 Å². The third kappa shape index (κ3) is 7.89. The van der Waals surface area contributed by atoms with Gasteiger partial charge in [-0.15, -0.1) is 0 Å². The van der Waals surface area contributed by atoms with Crippen molar-refractivity contribution in [2.24, 2.45) is 0 Å². The van der Waals surface area contributed by atoms with Crippen molar-refractivity contribution in [1.82, 2.24) is 0 Å². The maximum atomic E-state index is 13.8. The van der Waals surface area contributed by atoms with Crippen LogP contribution in [-0.2, 0) is 32.5 Å². The maximum absolute atomic E-state index is 13.8. The molecule has 5 aromatic rings. The molecule has 0 saturated carbocycles. The van der Waals surface area contributed by atoms with Gasteiger partial charge in [-0.1, -0.05) is 0 Å². The van der Waals surface area contributed by atoms with Crippen LogP contribution in [0.3, 0.4) is 0 Å². The van der Waals surface area contributed by atoms with E-state index in [9.17, 15) is 9.79 Å². The van der Waals surface area contributed by atoms with E-state index in [1.54, 1.807) is 0 Å². The topological polar surface area (TPSA) is 49.7 Å². The van der Waals surface area contributed by atoms with E-state index in [4.69, 9.17) is 4.52 Å². The summed E-state index contributed by atoms with van der Waals surface area (Å²) in [7, 11) is -5.48. The standard InChI is InChI=1S/C50H69O3P/c1-45(2,3)34-24-32-26-41(49(13,14)15)43(30-37(32)39(28-34)47(7,8)9)53-54(51,52,36-22-20-19-21-23-36)44-31-38-33(27-42(44)50(16,17)18)25-35(46(4,5)6)29-40(38)48(10,11)12/h19-31,51-52H,1-18H3. The molecule has 0 spiro atoms. The van der Waals surface area contributed by atoms with Gasteiger partial charge in [-0.25, -0.2) is 0 Å². The average molecular weight is 749 g/mol. The summed E-state index contributed by atoms with van der Waals surface area (Å²) in [6.45, 7) is 39.9. The van der Waals surface area contributed by atoms with Crippen LogP contribution in [0.5, 0.6) is 5.75 Å². The van der Waals surface area contributed by atoms with Gasteiger partial charge < -0.3 is 0 Å². The molecule has 0 aliphatic carbocycles. The summed E-state index contributed by atoms with van der Waals surface area (Å²) in [5, 5.41) is 5.11. The van der Waals surface area contributed by atoms with Gasteiger partial charge in [0.1, 0.15) is 0 Å². The van der Waals surface area contributed by atoms with Gasteiger partial charge in [-0.2, -0.15) is 0 Å². The number of benzene rings is 5. The summed E-state index contributed by atoms with van der Waals surface area (Å²) in [5.74, 6) is 0.495. The van der Waals surface area contributed by atoms with Gasteiger partial charge in [0.25, 0.3) is 0 Å². The van der Waals surface area contributed by atoms with Crippen LogP contribution >= 0.6 is 7.28 Å². The fourth-order valence-electron chi connectivity index (χ4n) is 7.62. The van der Waals surface area contributed by atoms with Crippen LogP contribution in [0, 0.1) is 0 Å². The third-order valence-electron chi connectivity index (χ3n) is 11.0. The van der Waals surface area contributed by atoms with Gasteiger partial charge in [0, 0.05) is 0 Å². The quantitative estimate of drug-likeness (QED) is 0.180. The Balaban J connectivity index is 1.98. The van der Waals surface area contributed by atoms with E-state index >= 15 is 0 Å². The molecule has 0 unspecified atom stereocenters. The van der Waals surface area contributed by atoms with E-state index in [0.29, 0.717) is 16.4 Å². The van der Waals surface area contributed by atoms with Crippen molar-refractivity contribution >= 4 is 39.4 Å². The Bertz CT molecular complexity index is 2220. The zero-order valence-electron chi connectivity index (χ0n) is 36.8. The normalized spacial score (nSPS) is 14.7. The van der Waals surface area contributed by atoms with Crippen LogP contribution in [0.15, 0.2) is 78.9 Å². The summed E-state index contributed by atoms with van der Waals surface area (Å²) < 4.78 is 7.22. The van der Waals surface area contributed by atoms with Crippen molar-refractivity contribution in [3.05, 3.63) is 112 Å². The Labute approximate surface area is 327 Å². The molecule has 0 saturated heterocycles. The second kappa shape index (κ2) is 12.9. The van der Waals surface area contributed by atoms with Crippen LogP contribution in [-0.4, -0.2) is 9.79 Å². The zero-order chi connectivity index (χ0) is 40.9. The molecule has 2 N–H and O–H groups in total. The molecule has 3 nitrogen and oxygen atoms in total. The first-order chi connectivity index (χ1) is 24.2. The van der Waals surface area contributed by atoms with E-state index in [1.807, 2.05) is 30.3 Å². The summed E-state index contributed by atoms with van der Waals surface area (Å²) in [6, 6.07) is 27.1. The minimum atomic E-state index is -5.48. The molecule has 54 heavy (non-hydrogen) atoms. The van der Waals surface area contributed by atoms with Gasteiger partial charge in [0.05, 0.1) is 0 Å². The molecule has 0 heterocycles. The minimum absolute atomic E-state index is 0.0422. The summed E-state index contributed by atoms with van der Waals surface area (Å²) in [6.07, 6.45) is 0. The second-order valence-corrected chi connectivity index (χ2v) is 25.2. The van der Waals surface area contributed by atoms with Crippen LogP contribution in [0.4, 0.5) is 0 Å². The molecule has 0 aliphatic heterocycles. The van der Waals surface area contributed by atoms with E-state index in [2.05, 4.69) is 173 Å². The third-order valence-corrected chi connectivity index (χ3v) is 14.0. The Kier molecular flexibility index (Phi) is 10.0. The molecule has 292 valence electrons. The Morgan fingerprint density at radius 3 is 1.19 bits per heavy atom. The Morgan fingerprint density at radius 2 is 0.796 bits per heavy atom. The molecule has 5 aromatic carbocycles. The first kappa shape index (κ1) is 41.9. The Morgan fingerprint density at radius 1 is 0.407 bits per heavy atom. The zero-order valence-corrected chi connectivity index (χ0v) is 37.6. The molecule has 5 rings (SSSR count). The van der Waals surface area contributed by atoms with Gasteiger partial charge in [0.2, 0.25) is 0 Å². The van der Waals surface area contributed by atoms with Gasteiger partial charge >= 0.3 is 329 Å². The van der Waals surface area contributed by atoms with Gasteiger partial charge in [-0.3, -0.25) is 0 Å². The van der Waals surface area contributed by atoms with Gasteiger partial charge in [0.15, 0.2) is 0 Å². The fourth-order valence-corrected chi connectivity index (χ4v) is 10.5. The molecule has 0 fully saturated rings. The van der Waals surface area contributed by atoms with Crippen molar-refractivity contribution in [3.63, 3.8) is 0 Å². The van der Waals surface area contributed by atoms with Crippen molar-refractivity contribution in [2.75, 3.05) is 0 Å². The number of fused-ring (bicyclic) bond motifs is 2. The monoisotopic (exact) mass is 748 g/mol. The van der Waals surface area contributed by atoms with Crippen molar-refractivity contribution < 1.29 is 14.3 Å². The number of rotatable bonds is 4. The summed E-state index contributed by atoms with van der Waals surface area (Å²) >= 11 is 0. The fraction of sp³-hybridized carbons (Fsp3) is 0.480. The predicted octanol–water partition coefficient (Wildman–Crippen LogP) is 13.1. The Hall–Kier alpha value is -3.23. The molecule has 0 bridgehead atoms. The number of hydrogen-bond donors (Lipinski definition) is 2. The van der Waals surface area contributed by atoms with Crippen molar-refractivity contribution in [2.45, 2.75) is 157 Å². The van der Waals surface area contributed by atoms with E-state index in [-0.39, 0.29) is 27.1 Å². The second-order valence-electron chi connectivity index (χ2n) is 22.1. The van der Waals surface area contributed by atoms with Crippen LogP contribution in [0.1, 0.15) is 158 Å². The van der Waals surface area contributed by atoms with Crippen LogP contribution in [0.25, 0.3) is 21.5 Å². The molecule has 4 heteroatoms. The molecule has 0 amide bonds. The SMILES string of the molecule is CC(C)(C)c1cc(C(C)(C)C)c2cc(OP(O)(O)(c3ccccc3)c3cc4c(C(C)(C)C)cc(C(C)(C)C)cc4cc3C(C)(C)C)c(C(C)(C)C)cc2c1. The van der Waals surface area contributed by atoms with Crippen molar-refractivity contribution in [3.8, 4) is 5.75 Å². The average Bonchev–Trinajstić information content (AvgIpc) is 3.00. The van der Waals surface area contributed by atoms with E-state index in [1.165, 1.54) is 22.3 Å². The van der Waals surface area contributed by atoms with Crippen LogP contribution in [0.2, 0.25) is 0 Å². The predicted molar refractivity (Wildman–Crippen MR) is 238 cm³/mol. The number of hydrogen-bond acceptors (Lipinski definition) is 3. The first-order valence-corrected chi connectivity index (χ1v) is 21.8. The summed E-state index contributed by atoms with van der Waals surface area (Å²) in [5.41, 5.74) is 5.39. The van der Waals surface area contributed by atoms with Gasteiger partial charge in [-0.05, 0) is 0 Å². The van der Waals surface area contributed by atoms with Crippen molar-refractivity contribution in [1.29, 1.82) is 0 Å². The molecule has 0 aromatic heterocycles. The first-order valence-electron chi connectivity index (χ1n) is 19.8. The molecule has 0 atom stereocenters. The van der Waals surface area contributed by atoms with E-state index in [0.717, 1.165) is 32.7 Å². The molecule has 0 aliphatic rings. The molecular formula is C50H69O3P. The molecular weight excluding hydrogens is 680 g/mol. The summed E-state index contributed by atoms with van der Waals surface area (Å²) in [4.78, 5) is 27.5. The van der Waals surface area contributed by atoms with Crippen LogP contribution < -0.4 is 15.1 Å². The molecule has 0 radical (unpaired) electrons.